The number of hydrogen-bond acceptors (Lipinski definition) is 3. The highest BCUT2D eigenvalue weighted by molar-refractivity contribution is 14.0. The molecule has 0 saturated heterocycles. The molecule has 0 saturated carbocycles. The van der Waals surface area contributed by atoms with Crippen molar-refractivity contribution >= 4 is 29.9 Å². The number of nitrogens with zero attached hydrogens (tertiary/aromatic N) is 1. The van der Waals surface area contributed by atoms with Crippen molar-refractivity contribution in [2.75, 3.05) is 20.2 Å². The maximum absolute atomic E-state index is 12.4. The molecule has 27 heavy (non-hydrogen) atoms. The Morgan fingerprint density at radius 3 is 2.44 bits per heavy atom. The second-order valence-electron chi connectivity index (χ2n) is 5.38. The summed E-state index contributed by atoms with van der Waals surface area (Å²) in [5.41, 5.74) is 1.74. The lowest BCUT2D eigenvalue weighted by Crippen LogP contribution is -2.38. The first kappa shape index (κ1) is 23.1. The zero-order valence-corrected chi connectivity index (χ0v) is 17.4. The van der Waals surface area contributed by atoms with Crippen LogP contribution >= 0.6 is 24.0 Å². The lowest BCUT2D eigenvalue weighted by Gasteiger charge is -2.14. The average Bonchev–Trinajstić information content (AvgIpc) is 2.65. The van der Waals surface area contributed by atoms with Crippen LogP contribution in [0, 0.1) is 0 Å². The van der Waals surface area contributed by atoms with Gasteiger partial charge in [-0.1, -0.05) is 48.5 Å². The molecular weight excluding hydrogens is 467 g/mol. The number of alkyl halides is 2. The van der Waals surface area contributed by atoms with E-state index in [1.165, 1.54) is 6.07 Å². The van der Waals surface area contributed by atoms with E-state index in [9.17, 15) is 8.78 Å². The Kier molecular flexibility index (Phi) is 11.3. The fourth-order valence-electron chi connectivity index (χ4n) is 2.27. The van der Waals surface area contributed by atoms with Crippen LogP contribution in [0.3, 0.4) is 0 Å². The quantitative estimate of drug-likeness (QED) is 0.243. The van der Waals surface area contributed by atoms with Crippen LogP contribution in [0.5, 0.6) is 5.75 Å². The van der Waals surface area contributed by atoms with Crippen LogP contribution in [0.1, 0.15) is 11.1 Å². The Bertz CT molecular complexity index is 688. The molecule has 2 aromatic carbocycles. The number of rotatable bonds is 9. The fourth-order valence-corrected chi connectivity index (χ4v) is 2.27. The molecule has 0 heterocycles. The second kappa shape index (κ2) is 13.3. The Balaban J connectivity index is 0.00000364. The maximum atomic E-state index is 12.4. The minimum Gasteiger partial charge on any atom is -0.434 e. The molecule has 0 amide bonds. The summed E-state index contributed by atoms with van der Waals surface area (Å²) < 4.78 is 35.0. The van der Waals surface area contributed by atoms with Crippen LogP contribution in [0.2, 0.25) is 0 Å². The molecule has 2 aromatic rings. The zero-order valence-electron chi connectivity index (χ0n) is 15.0. The van der Waals surface area contributed by atoms with Gasteiger partial charge in [0.1, 0.15) is 5.75 Å². The van der Waals surface area contributed by atoms with Gasteiger partial charge in [-0.3, -0.25) is 4.99 Å². The lowest BCUT2D eigenvalue weighted by atomic mass is 10.2. The number of nitrogens with one attached hydrogen (secondary N) is 2. The average molecular weight is 491 g/mol. The first-order valence-corrected chi connectivity index (χ1v) is 8.28. The molecule has 8 heteroatoms. The van der Waals surface area contributed by atoms with E-state index in [4.69, 9.17) is 4.74 Å². The summed E-state index contributed by atoms with van der Waals surface area (Å²) in [5, 5.41) is 6.18. The summed E-state index contributed by atoms with van der Waals surface area (Å²) in [5.74, 6) is 0.705. The van der Waals surface area contributed by atoms with Gasteiger partial charge in [0.25, 0.3) is 0 Å². The largest absolute Gasteiger partial charge is 0.434 e. The van der Waals surface area contributed by atoms with Crippen molar-refractivity contribution in [3.63, 3.8) is 0 Å². The second-order valence-corrected chi connectivity index (χ2v) is 5.38. The predicted molar refractivity (Wildman–Crippen MR) is 113 cm³/mol. The molecule has 2 rings (SSSR count). The van der Waals surface area contributed by atoms with Crippen LogP contribution in [-0.4, -0.2) is 32.8 Å². The normalized spacial score (nSPS) is 11.0. The van der Waals surface area contributed by atoms with Crippen molar-refractivity contribution in [3.05, 3.63) is 65.7 Å². The third kappa shape index (κ3) is 9.00. The Morgan fingerprint density at radius 1 is 1.04 bits per heavy atom. The topological polar surface area (TPSA) is 54.9 Å². The molecule has 0 aliphatic carbocycles. The van der Waals surface area contributed by atoms with Crippen LogP contribution < -0.4 is 15.4 Å². The molecule has 148 valence electrons. The number of ether oxygens (including phenoxy) is 2. The van der Waals surface area contributed by atoms with Crippen molar-refractivity contribution < 1.29 is 18.3 Å². The van der Waals surface area contributed by atoms with E-state index >= 15 is 0 Å². The van der Waals surface area contributed by atoms with Crippen molar-refractivity contribution in [2.45, 2.75) is 19.8 Å². The summed E-state index contributed by atoms with van der Waals surface area (Å²) in [6.45, 7) is -0.904. The number of halogens is 3. The highest BCUT2D eigenvalue weighted by Crippen LogP contribution is 2.19. The van der Waals surface area contributed by atoms with E-state index in [1.807, 2.05) is 30.3 Å². The van der Waals surface area contributed by atoms with Crippen molar-refractivity contribution in [1.82, 2.24) is 10.6 Å². The van der Waals surface area contributed by atoms with Gasteiger partial charge in [-0.15, -0.1) is 24.0 Å². The van der Waals surface area contributed by atoms with Crippen molar-refractivity contribution in [1.29, 1.82) is 0 Å². The monoisotopic (exact) mass is 491 g/mol. The minimum absolute atomic E-state index is 0. The summed E-state index contributed by atoms with van der Waals surface area (Å²) in [6.07, 6.45) is 0. The van der Waals surface area contributed by atoms with E-state index < -0.39 is 6.61 Å². The Morgan fingerprint density at radius 2 is 1.74 bits per heavy atom. The highest BCUT2D eigenvalue weighted by atomic mass is 127. The van der Waals surface area contributed by atoms with Crippen LogP contribution in [0.15, 0.2) is 59.6 Å². The van der Waals surface area contributed by atoms with Gasteiger partial charge in [-0.05, 0) is 11.6 Å². The molecule has 5 nitrogen and oxygen atoms in total. The van der Waals surface area contributed by atoms with E-state index in [1.54, 1.807) is 25.2 Å². The van der Waals surface area contributed by atoms with Gasteiger partial charge in [-0.2, -0.15) is 8.78 Å². The fraction of sp³-hybridized carbons (Fsp3) is 0.316. The highest BCUT2D eigenvalue weighted by Gasteiger charge is 2.09. The van der Waals surface area contributed by atoms with Gasteiger partial charge < -0.3 is 20.1 Å². The third-order valence-corrected chi connectivity index (χ3v) is 3.51. The van der Waals surface area contributed by atoms with Gasteiger partial charge in [0.2, 0.25) is 0 Å². The van der Waals surface area contributed by atoms with Gasteiger partial charge in [0, 0.05) is 25.7 Å². The molecule has 0 radical (unpaired) electrons. The summed E-state index contributed by atoms with van der Waals surface area (Å²) in [7, 11) is 1.64. The molecule has 0 aliphatic heterocycles. The number of para-hydroxylation sites is 1. The Labute approximate surface area is 175 Å². The molecule has 2 N–H and O–H groups in total. The van der Waals surface area contributed by atoms with Crippen LogP contribution in [-0.2, 0) is 17.9 Å². The van der Waals surface area contributed by atoms with Gasteiger partial charge in [0.15, 0.2) is 5.96 Å². The van der Waals surface area contributed by atoms with Gasteiger partial charge in [0.05, 0.1) is 13.2 Å². The molecule has 0 unspecified atom stereocenters. The van der Waals surface area contributed by atoms with Crippen molar-refractivity contribution in [2.24, 2.45) is 4.99 Å². The number of hydrogen-bond donors (Lipinski definition) is 2. The zero-order chi connectivity index (χ0) is 18.6. The van der Waals surface area contributed by atoms with E-state index in [-0.39, 0.29) is 29.7 Å². The smallest absolute Gasteiger partial charge is 0.387 e. The van der Waals surface area contributed by atoms with Crippen molar-refractivity contribution in [3.8, 4) is 5.75 Å². The van der Waals surface area contributed by atoms with Crippen LogP contribution in [0.4, 0.5) is 8.78 Å². The summed E-state index contributed by atoms with van der Waals surface area (Å²) >= 11 is 0. The molecule has 0 fully saturated rings. The lowest BCUT2D eigenvalue weighted by molar-refractivity contribution is -0.0504. The van der Waals surface area contributed by atoms with Crippen LogP contribution in [0.25, 0.3) is 0 Å². The van der Waals surface area contributed by atoms with E-state index in [2.05, 4.69) is 20.4 Å². The minimum atomic E-state index is -2.85. The number of aliphatic imine (C=N–C) groups is 1. The number of guanidine groups is 1. The number of benzene rings is 2. The first-order valence-electron chi connectivity index (χ1n) is 8.28. The third-order valence-electron chi connectivity index (χ3n) is 3.51. The summed E-state index contributed by atoms with van der Waals surface area (Å²) in [4.78, 5) is 4.10. The van der Waals surface area contributed by atoms with Gasteiger partial charge >= 0.3 is 6.61 Å². The van der Waals surface area contributed by atoms with E-state index in [0.29, 0.717) is 37.8 Å². The predicted octanol–water partition coefficient (Wildman–Crippen LogP) is 3.79. The molecule has 0 spiro atoms. The Hall–Kier alpha value is -1.94. The molecule has 0 bridgehead atoms. The maximum Gasteiger partial charge on any atom is 0.387 e. The van der Waals surface area contributed by atoms with E-state index in [0.717, 1.165) is 5.56 Å². The molecule has 0 aliphatic rings. The SMILES string of the molecule is CN=C(NCCOCc1ccccc1)NCc1ccccc1OC(F)F.I. The van der Waals surface area contributed by atoms with Gasteiger partial charge in [-0.25, -0.2) is 0 Å². The standard InChI is InChI=1S/C19H23F2N3O2.HI/c1-22-19(23-11-12-25-14-15-7-3-2-4-8-15)24-13-16-9-5-6-10-17(16)26-18(20)21;/h2-10,18H,11-14H2,1H3,(H2,22,23,24);1H. The first-order chi connectivity index (χ1) is 12.7. The molecule has 0 atom stereocenters. The molecular formula is C19H24F2IN3O2. The summed E-state index contributed by atoms with van der Waals surface area (Å²) in [6, 6.07) is 16.6. The molecule has 0 aromatic heterocycles.